The van der Waals surface area contributed by atoms with E-state index in [4.69, 9.17) is 4.99 Å². The molecule has 1 aliphatic heterocycles. The predicted octanol–water partition coefficient (Wildman–Crippen LogP) is 4.28. The zero-order chi connectivity index (χ0) is 22.8. The monoisotopic (exact) mass is 569 g/mol. The van der Waals surface area contributed by atoms with Crippen molar-refractivity contribution in [3.05, 3.63) is 29.8 Å². The van der Waals surface area contributed by atoms with Crippen molar-refractivity contribution in [2.45, 2.75) is 77.8 Å². The number of benzene rings is 1. The van der Waals surface area contributed by atoms with Gasteiger partial charge in [0, 0.05) is 43.7 Å². The molecule has 1 aliphatic carbocycles. The first-order chi connectivity index (χ1) is 15.6. The molecule has 1 heterocycles. The number of halogens is 1. The molecule has 2 aliphatic rings. The zero-order valence-electron chi connectivity index (χ0n) is 20.1. The van der Waals surface area contributed by atoms with Gasteiger partial charge in [0.1, 0.15) is 0 Å². The van der Waals surface area contributed by atoms with Gasteiger partial charge in [0.25, 0.3) is 0 Å². The highest BCUT2D eigenvalue weighted by Crippen LogP contribution is 2.26. The second-order valence-corrected chi connectivity index (χ2v) is 8.94. The lowest BCUT2D eigenvalue weighted by Gasteiger charge is -2.26. The van der Waals surface area contributed by atoms with E-state index in [0.29, 0.717) is 18.9 Å². The van der Waals surface area contributed by atoms with Crippen LogP contribution in [0.15, 0.2) is 29.3 Å². The summed E-state index contributed by atoms with van der Waals surface area (Å²) in [7, 11) is 0. The van der Waals surface area contributed by atoms with E-state index in [1.165, 1.54) is 19.3 Å². The van der Waals surface area contributed by atoms with E-state index in [-0.39, 0.29) is 41.8 Å². The average molecular weight is 570 g/mol. The quantitative estimate of drug-likeness (QED) is 0.248. The molecule has 1 saturated heterocycles. The largest absolute Gasteiger partial charge is 0.357 e. The fourth-order valence-corrected chi connectivity index (χ4v) is 4.51. The van der Waals surface area contributed by atoms with Crippen molar-refractivity contribution in [3.8, 4) is 0 Å². The van der Waals surface area contributed by atoms with Gasteiger partial charge in [0.15, 0.2) is 5.96 Å². The molecular weight excluding hydrogens is 529 g/mol. The molecule has 2 fully saturated rings. The molecule has 2 amide bonds. The summed E-state index contributed by atoms with van der Waals surface area (Å²) >= 11 is 0. The number of rotatable bonds is 8. The van der Waals surface area contributed by atoms with Crippen molar-refractivity contribution in [2.75, 3.05) is 25.0 Å². The Morgan fingerprint density at radius 2 is 1.79 bits per heavy atom. The Bertz CT molecular complexity index is 778. The van der Waals surface area contributed by atoms with Crippen LogP contribution in [0.25, 0.3) is 0 Å². The van der Waals surface area contributed by atoms with Crippen molar-refractivity contribution < 1.29 is 9.59 Å². The van der Waals surface area contributed by atoms with Gasteiger partial charge in [-0.2, -0.15) is 0 Å². The minimum absolute atomic E-state index is 0. The van der Waals surface area contributed by atoms with E-state index in [1.807, 2.05) is 36.1 Å². The molecule has 7 nitrogen and oxygen atoms in total. The fraction of sp³-hybridized carbons (Fsp3) is 0.640. The van der Waals surface area contributed by atoms with Crippen LogP contribution in [-0.2, 0) is 16.1 Å². The molecule has 33 heavy (non-hydrogen) atoms. The van der Waals surface area contributed by atoms with Gasteiger partial charge in [-0.25, -0.2) is 4.99 Å². The number of carbonyl (C=O) groups excluding carboxylic acids is 2. The summed E-state index contributed by atoms with van der Waals surface area (Å²) in [5.41, 5.74) is 1.89. The lowest BCUT2D eigenvalue weighted by Crippen LogP contribution is -2.45. The number of guanidine groups is 1. The summed E-state index contributed by atoms with van der Waals surface area (Å²) in [4.78, 5) is 31.3. The highest BCUT2D eigenvalue weighted by molar-refractivity contribution is 14.0. The number of hydrogen-bond donors (Lipinski definition) is 3. The normalized spacial score (nSPS) is 19.0. The molecule has 1 aromatic carbocycles. The lowest BCUT2D eigenvalue weighted by molar-refractivity contribution is -0.135. The third-order valence-corrected chi connectivity index (χ3v) is 6.27. The summed E-state index contributed by atoms with van der Waals surface area (Å²) in [5, 5.41) is 9.74. The van der Waals surface area contributed by atoms with E-state index in [9.17, 15) is 9.59 Å². The first-order valence-electron chi connectivity index (χ1n) is 12.3. The molecule has 3 rings (SSSR count). The third-order valence-electron chi connectivity index (χ3n) is 6.27. The van der Waals surface area contributed by atoms with E-state index >= 15 is 0 Å². The molecule has 1 atom stereocenters. The number of likely N-dealkylation sites (tertiary alicyclic amines) is 1. The number of anilines is 1. The fourth-order valence-electron chi connectivity index (χ4n) is 4.51. The van der Waals surface area contributed by atoms with Crippen molar-refractivity contribution >= 4 is 47.4 Å². The van der Waals surface area contributed by atoms with Crippen LogP contribution < -0.4 is 16.0 Å². The topological polar surface area (TPSA) is 85.8 Å². The standard InChI is InChI=1S/C25H39N5O2.HI/c1-3-8-23(31)28-21-13-11-19(12-14-21)17-27-25(26-4-2)29-22-15-16-30(18-22)24(32)20-9-6-5-7-10-20;/h11-14,20,22H,3-10,15-18H2,1-2H3,(H,28,31)(H2,26,27,29);1H. The smallest absolute Gasteiger partial charge is 0.225 e. The molecule has 3 N–H and O–H groups in total. The van der Waals surface area contributed by atoms with Crippen LogP contribution in [0.5, 0.6) is 0 Å². The van der Waals surface area contributed by atoms with Gasteiger partial charge in [-0.05, 0) is 50.3 Å². The van der Waals surface area contributed by atoms with Gasteiger partial charge >= 0.3 is 0 Å². The average Bonchev–Trinajstić information content (AvgIpc) is 3.27. The summed E-state index contributed by atoms with van der Waals surface area (Å²) in [6.45, 7) is 6.97. The Morgan fingerprint density at radius 1 is 1.06 bits per heavy atom. The highest BCUT2D eigenvalue weighted by atomic mass is 127. The van der Waals surface area contributed by atoms with Gasteiger partial charge in [0.2, 0.25) is 11.8 Å². The summed E-state index contributed by atoms with van der Waals surface area (Å²) in [6.07, 6.45) is 8.09. The van der Waals surface area contributed by atoms with Crippen LogP contribution in [0.1, 0.15) is 70.8 Å². The summed E-state index contributed by atoms with van der Waals surface area (Å²) < 4.78 is 0. The summed E-state index contributed by atoms with van der Waals surface area (Å²) in [6, 6.07) is 8.06. The van der Waals surface area contributed by atoms with Crippen LogP contribution in [0.4, 0.5) is 5.69 Å². The van der Waals surface area contributed by atoms with Crippen molar-refractivity contribution in [1.29, 1.82) is 0 Å². The molecule has 8 heteroatoms. The number of aliphatic imine (C=N–C) groups is 1. The zero-order valence-corrected chi connectivity index (χ0v) is 22.4. The summed E-state index contributed by atoms with van der Waals surface area (Å²) in [5.74, 6) is 1.41. The maximum absolute atomic E-state index is 12.8. The third kappa shape index (κ3) is 8.79. The Hall–Kier alpha value is -1.84. The van der Waals surface area contributed by atoms with Crippen LogP contribution in [-0.4, -0.2) is 48.3 Å². The maximum Gasteiger partial charge on any atom is 0.225 e. The van der Waals surface area contributed by atoms with Crippen molar-refractivity contribution in [3.63, 3.8) is 0 Å². The van der Waals surface area contributed by atoms with Gasteiger partial charge in [-0.3, -0.25) is 9.59 Å². The minimum Gasteiger partial charge on any atom is -0.357 e. The van der Waals surface area contributed by atoms with E-state index in [1.54, 1.807) is 0 Å². The van der Waals surface area contributed by atoms with Gasteiger partial charge in [-0.15, -0.1) is 24.0 Å². The Balaban J connectivity index is 0.00000385. The number of nitrogens with zero attached hydrogens (tertiary/aromatic N) is 2. The van der Waals surface area contributed by atoms with E-state index < -0.39 is 0 Å². The van der Waals surface area contributed by atoms with Crippen LogP contribution in [0, 0.1) is 5.92 Å². The van der Waals surface area contributed by atoms with Gasteiger partial charge in [-0.1, -0.05) is 38.3 Å². The van der Waals surface area contributed by atoms with Crippen molar-refractivity contribution in [1.82, 2.24) is 15.5 Å². The van der Waals surface area contributed by atoms with Crippen LogP contribution >= 0.6 is 24.0 Å². The molecule has 0 bridgehead atoms. The first kappa shape index (κ1) is 27.4. The molecule has 1 aromatic rings. The number of amides is 2. The van der Waals surface area contributed by atoms with Crippen LogP contribution in [0.3, 0.4) is 0 Å². The first-order valence-corrected chi connectivity index (χ1v) is 12.3. The molecule has 1 unspecified atom stereocenters. The minimum atomic E-state index is 0. The second-order valence-electron chi connectivity index (χ2n) is 8.94. The molecular formula is C25H40IN5O2. The number of nitrogens with one attached hydrogen (secondary N) is 3. The molecule has 0 radical (unpaired) electrons. The predicted molar refractivity (Wildman–Crippen MR) is 145 cm³/mol. The van der Waals surface area contributed by atoms with E-state index in [0.717, 1.165) is 62.5 Å². The van der Waals surface area contributed by atoms with Gasteiger partial charge < -0.3 is 20.9 Å². The Labute approximate surface area is 215 Å². The number of carbonyl (C=O) groups is 2. The second kappa shape index (κ2) is 14.4. The molecule has 184 valence electrons. The SMILES string of the molecule is CCCC(=O)Nc1ccc(CN=C(NCC)NC2CCN(C(=O)C3CCCCC3)C2)cc1.I. The van der Waals surface area contributed by atoms with Crippen LogP contribution in [0.2, 0.25) is 0 Å². The number of hydrogen-bond acceptors (Lipinski definition) is 3. The van der Waals surface area contributed by atoms with E-state index in [2.05, 4.69) is 22.9 Å². The Kier molecular flexibility index (Phi) is 12.0. The Morgan fingerprint density at radius 3 is 2.45 bits per heavy atom. The molecule has 0 aromatic heterocycles. The molecule has 0 spiro atoms. The van der Waals surface area contributed by atoms with Crippen molar-refractivity contribution in [2.24, 2.45) is 10.9 Å². The maximum atomic E-state index is 12.8. The molecule has 1 saturated carbocycles. The lowest BCUT2D eigenvalue weighted by atomic mass is 9.88. The highest BCUT2D eigenvalue weighted by Gasteiger charge is 2.31. The van der Waals surface area contributed by atoms with Gasteiger partial charge in [0.05, 0.1) is 6.54 Å².